The second-order valence-electron chi connectivity index (χ2n) is 4.51. The van der Waals surface area contributed by atoms with E-state index in [2.05, 4.69) is 12.2 Å². The first kappa shape index (κ1) is 14.9. The van der Waals surface area contributed by atoms with Crippen LogP contribution in [0.2, 0.25) is 0 Å². The Labute approximate surface area is 94.2 Å². The number of hydrogen-bond acceptors (Lipinski definition) is 3. The number of hydrogen-bond donors (Lipinski definition) is 2. The number of ether oxygens (including phenoxy) is 1. The van der Waals surface area contributed by atoms with E-state index in [-0.39, 0.29) is 6.10 Å². The van der Waals surface area contributed by atoms with Crippen LogP contribution in [0.5, 0.6) is 0 Å². The third-order valence-electron chi connectivity index (χ3n) is 2.66. The SMILES string of the molecule is CCCCC(COC)NCC(O)C(C)C. The predicted molar refractivity (Wildman–Crippen MR) is 64.0 cm³/mol. The van der Waals surface area contributed by atoms with Crippen LogP contribution in [0.4, 0.5) is 0 Å². The second-order valence-corrected chi connectivity index (χ2v) is 4.51. The van der Waals surface area contributed by atoms with Crippen molar-refractivity contribution in [2.45, 2.75) is 52.2 Å². The number of unbranched alkanes of at least 4 members (excludes halogenated alkanes) is 1. The molecule has 0 spiro atoms. The molecule has 0 radical (unpaired) electrons. The largest absolute Gasteiger partial charge is 0.392 e. The summed E-state index contributed by atoms with van der Waals surface area (Å²) in [5, 5.41) is 13.0. The molecular formula is C12H27NO2. The van der Waals surface area contributed by atoms with Crippen molar-refractivity contribution in [2.24, 2.45) is 5.92 Å². The molecule has 15 heavy (non-hydrogen) atoms. The van der Waals surface area contributed by atoms with Crippen LogP contribution >= 0.6 is 0 Å². The van der Waals surface area contributed by atoms with Gasteiger partial charge in [0.2, 0.25) is 0 Å². The van der Waals surface area contributed by atoms with E-state index >= 15 is 0 Å². The van der Waals surface area contributed by atoms with Crippen molar-refractivity contribution in [3.63, 3.8) is 0 Å². The van der Waals surface area contributed by atoms with Gasteiger partial charge in [-0.05, 0) is 12.3 Å². The standard InChI is InChI=1S/C12H27NO2/c1-5-6-7-11(9-15-4)13-8-12(14)10(2)3/h10-14H,5-9H2,1-4H3. The topological polar surface area (TPSA) is 41.5 Å². The fourth-order valence-corrected chi connectivity index (χ4v) is 1.42. The van der Waals surface area contributed by atoms with Crippen LogP contribution in [0.1, 0.15) is 40.0 Å². The van der Waals surface area contributed by atoms with E-state index in [1.54, 1.807) is 7.11 Å². The third kappa shape index (κ3) is 7.77. The van der Waals surface area contributed by atoms with Crippen LogP contribution in [-0.4, -0.2) is 37.5 Å². The third-order valence-corrected chi connectivity index (χ3v) is 2.66. The van der Waals surface area contributed by atoms with Crippen LogP contribution in [-0.2, 0) is 4.74 Å². The lowest BCUT2D eigenvalue weighted by molar-refractivity contribution is 0.106. The van der Waals surface area contributed by atoms with Gasteiger partial charge >= 0.3 is 0 Å². The molecular weight excluding hydrogens is 190 g/mol. The average Bonchev–Trinajstić information content (AvgIpc) is 2.21. The van der Waals surface area contributed by atoms with Crippen molar-refractivity contribution in [1.82, 2.24) is 5.32 Å². The van der Waals surface area contributed by atoms with Gasteiger partial charge in [-0.2, -0.15) is 0 Å². The Balaban J connectivity index is 3.73. The Kier molecular flexibility index (Phi) is 9.06. The lowest BCUT2D eigenvalue weighted by Gasteiger charge is -2.21. The van der Waals surface area contributed by atoms with Crippen LogP contribution in [0.3, 0.4) is 0 Å². The number of rotatable bonds is 9. The Morgan fingerprint density at radius 2 is 2.00 bits per heavy atom. The summed E-state index contributed by atoms with van der Waals surface area (Å²) in [6.45, 7) is 7.64. The summed E-state index contributed by atoms with van der Waals surface area (Å²) in [4.78, 5) is 0. The Hall–Kier alpha value is -0.120. The number of aliphatic hydroxyl groups excluding tert-OH is 1. The molecule has 0 aliphatic heterocycles. The fraction of sp³-hybridized carbons (Fsp3) is 1.00. The van der Waals surface area contributed by atoms with E-state index in [0.29, 0.717) is 18.5 Å². The van der Waals surface area contributed by atoms with E-state index in [9.17, 15) is 5.11 Å². The predicted octanol–water partition coefficient (Wildman–Crippen LogP) is 1.80. The number of methoxy groups -OCH3 is 1. The Morgan fingerprint density at radius 3 is 2.47 bits per heavy atom. The van der Waals surface area contributed by atoms with Crippen molar-refractivity contribution in [3.05, 3.63) is 0 Å². The van der Waals surface area contributed by atoms with Crippen LogP contribution < -0.4 is 5.32 Å². The molecule has 0 bridgehead atoms. The van der Waals surface area contributed by atoms with Crippen molar-refractivity contribution >= 4 is 0 Å². The summed E-state index contributed by atoms with van der Waals surface area (Å²) in [7, 11) is 1.72. The zero-order valence-electron chi connectivity index (χ0n) is 10.6. The summed E-state index contributed by atoms with van der Waals surface area (Å²) in [5.74, 6) is 0.312. The molecule has 92 valence electrons. The maximum Gasteiger partial charge on any atom is 0.0687 e. The van der Waals surface area contributed by atoms with Gasteiger partial charge in [-0.15, -0.1) is 0 Å². The molecule has 0 heterocycles. The molecule has 0 aromatic carbocycles. The minimum absolute atomic E-state index is 0.258. The minimum Gasteiger partial charge on any atom is -0.392 e. The number of aliphatic hydroxyl groups is 1. The van der Waals surface area contributed by atoms with Crippen molar-refractivity contribution in [1.29, 1.82) is 0 Å². The molecule has 3 nitrogen and oxygen atoms in total. The molecule has 0 aromatic heterocycles. The summed E-state index contributed by atoms with van der Waals surface area (Å²) in [6.07, 6.45) is 3.27. The average molecular weight is 217 g/mol. The molecule has 0 aliphatic carbocycles. The maximum absolute atomic E-state index is 9.67. The maximum atomic E-state index is 9.67. The van der Waals surface area contributed by atoms with Gasteiger partial charge in [-0.25, -0.2) is 0 Å². The van der Waals surface area contributed by atoms with Gasteiger partial charge in [0, 0.05) is 19.7 Å². The lowest BCUT2D eigenvalue weighted by Crippen LogP contribution is -2.40. The first-order valence-electron chi connectivity index (χ1n) is 6.02. The zero-order valence-corrected chi connectivity index (χ0v) is 10.6. The highest BCUT2D eigenvalue weighted by Gasteiger charge is 2.12. The van der Waals surface area contributed by atoms with Crippen molar-refractivity contribution < 1.29 is 9.84 Å². The summed E-state index contributed by atoms with van der Waals surface area (Å²) >= 11 is 0. The van der Waals surface area contributed by atoms with Crippen LogP contribution in [0.15, 0.2) is 0 Å². The normalized spacial score (nSPS) is 15.6. The van der Waals surface area contributed by atoms with Crippen LogP contribution in [0.25, 0.3) is 0 Å². The minimum atomic E-state index is -0.258. The van der Waals surface area contributed by atoms with Gasteiger partial charge in [0.15, 0.2) is 0 Å². The Morgan fingerprint density at radius 1 is 1.33 bits per heavy atom. The van der Waals surface area contributed by atoms with E-state index < -0.39 is 0 Å². The molecule has 2 N–H and O–H groups in total. The highest BCUT2D eigenvalue weighted by atomic mass is 16.5. The molecule has 0 fully saturated rings. The van der Waals surface area contributed by atoms with Gasteiger partial charge < -0.3 is 15.2 Å². The van der Waals surface area contributed by atoms with Gasteiger partial charge in [0.25, 0.3) is 0 Å². The first-order chi connectivity index (χ1) is 7.11. The molecule has 0 saturated carbocycles. The second kappa shape index (κ2) is 9.13. The molecule has 2 atom stereocenters. The van der Waals surface area contributed by atoms with Gasteiger partial charge in [0.1, 0.15) is 0 Å². The van der Waals surface area contributed by atoms with Gasteiger partial charge in [-0.1, -0.05) is 33.6 Å². The first-order valence-corrected chi connectivity index (χ1v) is 6.02. The molecule has 0 rings (SSSR count). The molecule has 0 amide bonds. The Bertz CT molecular complexity index is 140. The smallest absolute Gasteiger partial charge is 0.0687 e. The summed E-state index contributed by atoms with van der Waals surface area (Å²) in [6, 6.07) is 0.378. The molecule has 2 unspecified atom stereocenters. The highest BCUT2D eigenvalue weighted by molar-refractivity contribution is 4.70. The van der Waals surface area contributed by atoms with Crippen molar-refractivity contribution in [3.8, 4) is 0 Å². The van der Waals surface area contributed by atoms with Crippen molar-refractivity contribution in [2.75, 3.05) is 20.3 Å². The van der Waals surface area contributed by atoms with Gasteiger partial charge in [-0.3, -0.25) is 0 Å². The zero-order chi connectivity index (χ0) is 11.7. The fourth-order valence-electron chi connectivity index (χ4n) is 1.42. The molecule has 0 saturated heterocycles. The molecule has 3 heteroatoms. The van der Waals surface area contributed by atoms with E-state index in [4.69, 9.17) is 4.74 Å². The molecule has 0 aromatic rings. The monoisotopic (exact) mass is 217 g/mol. The van der Waals surface area contributed by atoms with Gasteiger partial charge in [0.05, 0.1) is 12.7 Å². The van der Waals surface area contributed by atoms with E-state index in [1.807, 2.05) is 13.8 Å². The lowest BCUT2D eigenvalue weighted by atomic mass is 10.1. The summed E-state index contributed by atoms with van der Waals surface area (Å²) in [5.41, 5.74) is 0. The van der Waals surface area contributed by atoms with E-state index in [0.717, 1.165) is 13.0 Å². The van der Waals surface area contributed by atoms with Crippen LogP contribution in [0, 0.1) is 5.92 Å². The highest BCUT2D eigenvalue weighted by Crippen LogP contribution is 2.03. The number of nitrogens with one attached hydrogen (secondary N) is 1. The molecule has 0 aliphatic rings. The quantitative estimate of drug-likeness (QED) is 0.619. The van der Waals surface area contributed by atoms with E-state index in [1.165, 1.54) is 12.8 Å². The summed E-state index contributed by atoms with van der Waals surface area (Å²) < 4.78 is 5.15.